The molecule has 1 N–H and O–H groups in total. The quantitative estimate of drug-likeness (QED) is 0.711. The molecule has 1 atom stereocenters. The van der Waals surface area contributed by atoms with Crippen molar-refractivity contribution in [3.63, 3.8) is 0 Å². The van der Waals surface area contributed by atoms with Crippen LogP contribution < -0.4 is 5.32 Å². The van der Waals surface area contributed by atoms with E-state index in [0.29, 0.717) is 6.42 Å². The van der Waals surface area contributed by atoms with Crippen molar-refractivity contribution in [3.05, 3.63) is 0 Å². The fourth-order valence-corrected chi connectivity index (χ4v) is 5.46. The Labute approximate surface area is 129 Å². The molecule has 122 valence electrons. The molecule has 0 unspecified atom stereocenters. The average molecular weight is 328 g/mol. The summed E-state index contributed by atoms with van der Waals surface area (Å²) in [4.78, 5) is 37.5. The van der Waals surface area contributed by atoms with Crippen molar-refractivity contribution < 1.29 is 22.8 Å². The van der Waals surface area contributed by atoms with Crippen molar-refractivity contribution in [3.8, 4) is 0 Å². The third-order valence-electron chi connectivity index (χ3n) is 4.95. The van der Waals surface area contributed by atoms with Crippen molar-refractivity contribution in [2.24, 2.45) is 5.41 Å². The maximum absolute atomic E-state index is 12.4. The third-order valence-corrected chi connectivity index (χ3v) is 6.72. The fraction of sp³-hybridized carbons (Fsp3) is 0.786. The van der Waals surface area contributed by atoms with E-state index in [1.807, 2.05) is 0 Å². The molecular formula is C14H20N2O5S. The zero-order valence-electron chi connectivity index (χ0n) is 12.3. The van der Waals surface area contributed by atoms with E-state index in [2.05, 4.69) is 5.32 Å². The maximum atomic E-state index is 12.4. The zero-order valence-corrected chi connectivity index (χ0v) is 13.2. The Morgan fingerprint density at radius 3 is 2.55 bits per heavy atom. The van der Waals surface area contributed by atoms with E-state index in [-0.39, 0.29) is 36.3 Å². The number of sulfone groups is 1. The second-order valence-electron chi connectivity index (χ2n) is 6.62. The van der Waals surface area contributed by atoms with Gasteiger partial charge in [0.1, 0.15) is 6.54 Å². The van der Waals surface area contributed by atoms with Gasteiger partial charge in [0.15, 0.2) is 9.84 Å². The molecule has 3 aliphatic rings. The molecule has 1 spiro atoms. The summed E-state index contributed by atoms with van der Waals surface area (Å²) >= 11 is 0. The number of hydrogen-bond donors (Lipinski definition) is 1. The molecule has 8 heteroatoms. The Morgan fingerprint density at radius 1 is 1.27 bits per heavy atom. The highest BCUT2D eigenvalue weighted by Gasteiger charge is 2.52. The van der Waals surface area contributed by atoms with Crippen LogP contribution in [-0.4, -0.2) is 55.1 Å². The molecule has 0 aromatic heterocycles. The highest BCUT2D eigenvalue weighted by Crippen LogP contribution is 2.46. The molecule has 1 aliphatic carbocycles. The Bertz CT molecular complexity index is 621. The number of likely N-dealkylation sites (tertiary alicyclic amines) is 1. The van der Waals surface area contributed by atoms with Gasteiger partial charge in [-0.25, -0.2) is 8.42 Å². The van der Waals surface area contributed by atoms with Crippen LogP contribution in [-0.2, 0) is 24.2 Å². The van der Waals surface area contributed by atoms with Crippen LogP contribution in [0, 0.1) is 5.41 Å². The van der Waals surface area contributed by atoms with Gasteiger partial charge in [-0.15, -0.1) is 0 Å². The van der Waals surface area contributed by atoms with E-state index < -0.39 is 27.2 Å². The lowest BCUT2D eigenvalue weighted by Gasteiger charge is -2.21. The SMILES string of the molecule is O=C(CN1C(=O)CC2(CCCC2)C1=O)N[C@H]1CCS(=O)(=O)C1. The number of carbonyl (C=O) groups excluding carboxylic acids is 3. The van der Waals surface area contributed by atoms with Crippen LogP contribution in [0.25, 0.3) is 0 Å². The molecule has 2 heterocycles. The Balaban J connectivity index is 1.60. The first-order valence-corrected chi connectivity index (χ1v) is 9.48. The summed E-state index contributed by atoms with van der Waals surface area (Å²) in [7, 11) is -3.07. The van der Waals surface area contributed by atoms with Gasteiger partial charge in [-0.2, -0.15) is 0 Å². The Hall–Kier alpha value is -1.44. The van der Waals surface area contributed by atoms with Gasteiger partial charge in [-0.05, 0) is 19.3 Å². The second kappa shape index (κ2) is 5.33. The lowest BCUT2D eigenvalue weighted by molar-refractivity contribution is -0.144. The van der Waals surface area contributed by atoms with Gasteiger partial charge >= 0.3 is 0 Å². The van der Waals surface area contributed by atoms with Gasteiger partial charge in [-0.1, -0.05) is 12.8 Å². The number of imide groups is 1. The lowest BCUT2D eigenvalue weighted by atomic mass is 9.84. The number of nitrogens with one attached hydrogen (secondary N) is 1. The van der Waals surface area contributed by atoms with Gasteiger partial charge in [0.2, 0.25) is 17.7 Å². The molecule has 0 radical (unpaired) electrons. The summed E-state index contributed by atoms with van der Waals surface area (Å²) in [5, 5.41) is 2.62. The minimum atomic E-state index is -3.07. The molecule has 0 bridgehead atoms. The van der Waals surface area contributed by atoms with E-state index in [9.17, 15) is 22.8 Å². The van der Waals surface area contributed by atoms with E-state index >= 15 is 0 Å². The molecule has 2 saturated heterocycles. The van der Waals surface area contributed by atoms with E-state index in [1.165, 1.54) is 0 Å². The highest BCUT2D eigenvalue weighted by molar-refractivity contribution is 7.91. The third kappa shape index (κ3) is 2.76. The van der Waals surface area contributed by atoms with Gasteiger partial charge in [-0.3, -0.25) is 19.3 Å². The monoisotopic (exact) mass is 328 g/mol. The van der Waals surface area contributed by atoms with Gasteiger partial charge in [0.25, 0.3) is 0 Å². The Morgan fingerprint density at radius 2 is 1.95 bits per heavy atom. The van der Waals surface area contributed by atoms with Crippen molar-refractivity contribution in [1.82, 2.24) is 10.2 Å². The highest BCUT2D eigenvalue weighted by atomic mass is 32.2. The summed E-state index contributed by atoms with van der Waals surface area (Å²) in [6.07, 6.45) is 3.92. The Kier molecular flexibility index (Phi) is 3.74. The fourth-order valence-electron chi connectivity index (χ4n) is 3.79. The van der Waals surface area contributed by atoms with E-state index in [0.717, 1.165) is 30.6 Å². The first kappa shape index (κ1) is 15.5. The number of hydrogen-bond acceptors (Lipinski definition) is 5. The molecule has 3 amide bonds. The first-order chi connectivity index (χ1) is 10.3. The maximum Gasteiger partial charge on any atom is 0.240 e. The minimum absolute atomic E-state index is 0.0649. The average Bonchev–Trinajstić information content (AvgIpc) is 3.07. The topological polar surface area (TPSA) is 101 Å². The van der Waals surface area contributed by atoms with E-state index in [4.69, 9.17) is 0 Å². The van der Waals surface area contributed by atoms with Crippen LogP contribution >= 0.6 is 0 Å². The van der Waals surface area contributed by atoms with Gasteiger partial charge < -0.3 is 5.32 Å². The largest absolute Gasteiger partial charge is 0.351 e. The normalized spacial score (nSPS) is 29.5. The predicted molar refractivity (Wildman–Crippen MR) is 77.4 cm³/mol. The van der Waals surface area contributed by atoms with Crippen molar-refractivity contribution in [2.75, 3.05) is 18.1 Å². The molecule has 1 saturated carbocycles. The summed E-state index contributed by atoms with van der Waals surface area (Å²) in [5.74, 6) is -0.975. The minimum Gasteiger partial charge on any atom is -0.351 e. The van der Waals surface area contributed by atoms with E-state index in [1.54, 1.807) is 0 Å². The molecule has 3 rings (SSSR count). The van der Waals surface area contributed by atoms with Crippen LogP contribution in [0.5, 0.6) is 0 Å². The van der Waals surface area contributed by atoms with Crippen LogP contribution in [0.1, 0.15) is 38.5 Å². The van der Waals surface area contributed by atoms with Crippen molar-refractivity contribution >= 4 is 27.6 Å². The number of nitrogens with zero attached hydrogens (tertiary/aromatic N) is 1. The molecular weight excluding hydrogens is 308 g/mol. The van der Waals surface area contributed by atoms with Gasteiger partial charge in [0, 0.05) is 12.5 Å². The molecule has 0 aromatic carbocycles. The molecule has 22 heavy (non-hydrogen) atoms. The van der Waals surface area contributed by atoms with Crippen LogP contribution in [0.15, 0.2) is 0 Å². The van der Waals surface area contributed by atoms with Crippen LogP contribution in [0.3, 0.4) is 0 Å². The second-order valence-corrected chi connectivity index (χ2v) is 8.85. The predicted octanol–water partition coefficient (Wildman–Crippen LogP) is -0.391. The summed E-state index contributed by atoms with van der Waals surface area (Å²) in [6.45, 7) is -0.296. The van der Waals surface area contributed by atoms with Crippen molar-refractivity contribution in [2.45, 2.75) is 44.6 Å². The molecule has 0 aromatic rings. The van der Waals surface area contributed by atoms with Crippen LogP contribution in [0.2, 0.25) is 0 Å². The first-order valence-electron chi connectivity index (χ1n) is 7.66. The smallest absolute Gasteiger partial charge is 0.240 e. The van der Waals surface area contributed by atoms with Crippen molar-refractivity contribution in [1.29, 1.82) is 0 Å². The molecule has 2 aliphatic heterocycles. The zero-order chi connectivity index (χ0) is 16.0. The van der Waals surface area contributed by atoms with Crippen LogP contribution in [0.4, 0.5) is 0 Å². The molecule has 7 nitrogen and oxygen atoms in total. The van der Waals surface area contributed by atoms with Gasteiger partial charge in [0.05, 0.1) is 16.9 Å². The summed E-state index contributed by atoms with van der Waals surface area (Å²) in [5.41, 5.74) is -0.575. The lowest BCUT2D eigenvalue weighted by Crippen LogP contribution is -2.45. The summed E-state index contributed by atoms with van der Waals surface area (Å²) < 4.78 is 22.7. The molecule has 3 fully saturated rings. The number of rotatable bonds is 3. The number of carbonyl (C=O) groups is 3. The standard InChI is InChI=1S/C14H20N2O5S/c17-11(15-10-3-6-22(20,21)9-10)8-16-12(18)7-14(13(16)19)4-1-2-5-14/h10H,1-9H2,(H,15,17)/t10-/m0/s1. The summed E-state index contributed by atoms with van der Waals surface area (Å²) in [6, 6.07) is -0.411. The number of amides is 3.